The van der Waals surface area contributed by atoms with Crippen molar-refractivity contribution in [1.29, 1.82) is 0 Å². The number of carbonyl (C=O) groups is 3. The molecule has 1 atom stereocenters. The lowest BCUT2D eigenvalue weighted by atomic mass is 10.1. The fraction of sp³-hybridized carbons (Fsp3) is 0.707. The highest BCUT2D eigenvalue weighted by Gasteiger charge is 2.19. The topological polar surface area (TPSA) is 78.9 Å². The van der Waals surface area contributed by atoms with Gasteiger partial charge in [0.15, 0.2) is 6.10 Å². The molecule has 0 aromatic carbocycles. The van der Waals surface area contributed by atoms with E-state index < -0.39 is 6.10 Å². The summed E-state index contributed by atoms with van der Waals surface area (Å²) in [6.07, 6.45) is 67.1. The highest BCUT2D eigenvalue weighted by atomic mass is 16.6. The molecular weight excluding hydrogens is 793 g/mol. The quantitative estimate of drug-likeness (QED) is 0.0262. The maximum absolute atomic E-state index is 12.8. The lowest BCUT2D eigenvalue weighted by Gasteiger charge is -2.18. The zero-order valence-electron chi connectivity index (χ0n) is 41.8. The van der Waals surface area contributed by atoms with Crippen molar-refractivity contribution in [2.45, 2.75) is 252 Å². The number of allylic oxidation sites excluding steroid dienone is 14. The van der Waals surface area contributed by atoms with Crippen LogP contribution in [-0.2, 0) is 28.6 Å². The molecule has 0 saturated heterocycles. The van der Waals surface area contributed by atoms with Gasteiger partial charge in [-0.3, -0.25) is 14.4 Å². The Kier molecular flexibility index (Phi) is 49.4. The zero-order valence-corrected chi connectivity index (χ0v) is 41.8. The van der Waals surface area contributed by atoms with E-state index in [1.807, 2.05) is 0 Å². The fourth-order valence-corrected chi connectivity index (χ4v) is 7.17. The summed E-state index contributed by atoms with van der Waals surface area (Å²) in [5.41, 5.74) is 0. The molecule has 0 aromatic heterocycles. The van der Waals surface area contributed by atoms with Gasteiger partial charge in [0.2, 0.25) is 0 Å². The van der Waals surface area contributed by atoms with Gasteiger partial charge in [-0.15, -0.1) is 0 Å². The number of ether oxygens (including phenoxy) is 3. The molecule has 0 saturated carbocycles. The number of unbranched alkanes of at least 4 members (excludes halogenated alkanes) is 22. The van der Waals surface area contributed by atoms with Gasteiger partial charge >= 0.3 is 17.9 Å². The maximum Gasteiger partial charge on any atom is 0.306 e. The lowest BCUT2D eigenvalue weighted by Crippen LogP contribution is -2.30. The summed E-state index contributed by atoms with van der Waals surface area (Å²) < 4.78 is 16.8. The first-order valence-electron chi connectivity index (χ1n) is 26.6. The predicted octanol–water partition coefficient (Wildman–Crippen LogP) is 17.6. The van der Waals surface area contributed by atoms with Crippen LogP contribution in [-0.4, -0.2) is 37.2 Å². The molecule has 0 bridgehead atoms. The molecular formula is C58H98O6. The molecule has 366 valence electrons. The van der Waals surface area contributed by atoms with Crippen LogP contribution in [0, 0.1) is 0 Å². The van der Waals surface area contributed by atoms with Crippen molar-refractivity contribution in [2.24, 2.45) is 0 Å². The van der Waals surface area contributed by atoms with E-state index >= 15 is 0 Å². The first-order valence-corrected chi connectivity index (χ1v) is 26.6. The molecule has 6 nitrogen and oxygen atoms in total. The Morgan fingerprint density at radius 1 is 0.328 bits per heavy atom. The van der Waals surface area contributed by atoms with Gasteiger partial charge in [0.1, 0.15) is 13.2 Å². The van der Waals surface area contributed by atoms with Crippen LogP contribution in [0.15, 0.2) is 85.1 Å². The number of hydrogen-bond acceptors (Lipinski definition) is 6. The van der Waals surface area contributed by atoms with E-state index in [-0.39, 0.29) is 31.1 Å². The molecule has 0 aliphatic heterocycles. The van der Waals surface area contributed by atoms with E-state index in [9.17, 15) is 14.4 Å². The van der Waals surface area contributed by atoms with Crippen LogP contribution >= 0.6 is 0 Å². The first kappa shape index (κ1) is 60.6. The minimum absolute atomic E-state index is 0.0978. The second kappa shape index (κ2) is 52.2. The average Bonchev–Trinajstić information content (AvgIpc) is 3.29. The van der Waals surface area contributed by atoms with E-state index in [4.69, 9.17) is 14.2 Å². The van der Waals surface area contributed by atoms with Gasteiger partial charge in [-0.25, -0.2) is 0 Å². The highest BCUT2D eigenvalue weighted by Crippen LogP contribution is 2.14. The highest BCUT2D eigenvalue weighted by molar-refractivity contribution is 5.71. The van der Waals surface area contributed by atoms with Crippen molar-refractivity contribution in [3.63, 3.8) is 0 Å². The standard InChI is InChI=1S/C58H98O6/c1-4-7-10-13-16-19-22-25-28-29-30-31-34-36-39-42-45-48-51-57(60)63-54-55(64-58(61)52-49-46-43-40-37-33-27-24-21-18-15-12-9-6-3)53-62-56(59)50-47-44-41-38-35-32-26-23-20-17-14-11-8-5-2/h8-9,11-12,17-18,20-21,26-27,30-33,55H,4-7,10,13-16,19,22-25,28-29,34-54H2,1-3H3/b11-8-,12-9-,20-17-,21-18-,31-30-,32-26-,33-27-. The Labute approximate surface area is 395 Å². The number of rotatable bonds is 47. The maximum atomic E-state index is 12.8. The summed E-state index contributed by atoms with van der Waals surface area (Å²) >= 11 is 0. The Hall–Kier alpha value is -3.41. The van der Waals surface area contributed by atoms with Gasteiger partial charge < -0.3 is 14.2 Å². The normalized spacial score (nSPS) is 12.7. The third kappa shape index (κ3) is 49.6. The molecule has 0 aliphatic rings. The second-order valence-electron chi connectivity index (χ2n) is 17.4. The number of hydrogen-bond donors (Lipinski definition) is 0. The van der Waals surface area contributed by atoms with E-state index in [0.717, 1.165) is 128 Å². The molecule has 0 heterocycles. The molecule has 0 N–H and O–H groups in total. The van der Waals surface area contributed by atoms with E-state index in [2.05, 4.69) is 106 Å². The van der Waals surface area contributed by atoms with Gasteiger partial charge in [0.05, 0.1) is 0 Å². The van der Waals surface area contributed by atoms with E-state index in [1.165, 1.54) is 77.0 Å². The Morgan fingerprint density at radius 3 is 0.969 bits per heavy atom. The van der Waals surface area contributed by atoms with Gasteiger partial charge in [-0.2, -0.15) is 0 Å². The lowest BCUT2D eigenvalue weighted by molar-refractivity contribution is -0.167. The Morgan fingerprint density at radius 2 is 0.609 bits per heavy atom. The van der Waals surface area contributed by atoms with Gasteiger partial charge in [-0.1, -0.05) is 202 Å². The minimum Gasteiger partial charge on any atom is -0.462 e. The Bertz CT molecular complexity index is 1250. The van der Waals surface area contributed by atoms with Crippen LogP contribution < -0.4 is 0 Å². The molecule has 0 aromatic rings. The molecule has 0 rings (SSSR count). The van der Waals surface area contributed by atoms with Crippen molar-refractivity contribution in [2.75, 3.05) is 13.2 Å². The molecule has 6 heteroatoms. The van der Waals surface area contributed by atoms with Crippen molar-refractivity contribution < 1.29 is 28.6 Å². The summed E-state index contributed by atoms with van der Waals surface area (Å²) in [7, 11) is 0. The molecule has 64 heavy (non-hydrogen) atoms. The van der Waals surface area contributed by atoms with Crippen LogP contribution in [0.1, 0.15) is 245 Å². The Balaban J connectivity index is 4.44. The summed E-state index contributed by atoms with van der Waals surface area (Å²) in [6.45, 7) is 6.37. The molecule has 0 radical (unpaired) electrons. The molecule has 0 fully saturated rings. The smallest absolute Gasteiger partial charge is 0.306 e. The van der Waals surface area contributed by atoms with Crippen LogP contribution in [0.2, 0.25) is 0 Å². The summed E-state index contributed by atoms with van der Waals surface area (Å²) in [5.74, 6) is -0.950. The first-order chi connectivity index (χ1) is 31.5. The molecule has 0 amide bonds. The number of carbonyl (C=O) groups excluding carboxylic acids is 3. The van der Waals surface area contributed by atoms with Crippen molar-refractivity contribution in [3.05, 3.63) is 85.1 Å². The van der Waals surface area contributed by atoms with E-state index in [0.29, 0.717) is 19.3 Å². The molecule has 0 spiro atoms. The van der Waals surface area contributed by atoms with Crippen LogP contribution in [0.4, 0.5) is 0 Å². The van der Waals surface area contributed by atoms with Crippen molar-refractivity contribution in [3.8, 4) is 0 Å². The predicted molar refractivity (Wildman–Crippen MR) is 274 cm³/mol. The third-order valence-electron chi connectivity index (χ3n) is 11.1. The monoisotopic (exact) mass is 891 g/mol. The number of esters is 3. The minimum atomic E-state index is -0.801. The average molecular weight is 891 g/mol. The largest absolute Gasteiger partial charge is 0.462 e. The van der Waals surface area contributed by atoms with E-state index in [1.54, 1.807) is 0 Å². The van der Waals surface area contributed by atoms with Gasteiger partial charge in [-0.05, 0) is 109 Å². The molecule has 0 aliphatic carbocycles. The van der Waals surface area contributed by atoms with Crippen LogP contribution in [0.3, 0.4) is 0 Å². The fourth-order valence-electron chi connectivity index (χ4n) is 7.17. The summed E-state index contributed by atoms with van der Waals surface area (Å²) in [5, 5.41) is 0. The van der Waals surface area contributed by atoms with Gasteiger partial charge in [0.25, 0.3) is 0 Å². The SMILES string of the molecule is CC/C=C\C/C=C\C/C=C\CCCCCCC(=O)OCC(COC(=O)CCCCCCC/C=C\CCCCCCCCCCC)OC(=O)CCCCCC/C=C\C/C=C\C/C=C\CC. The van der Waals surface area contributed by atoms with Crippen molar-refractivity contribution >= 4 is 17.9 Å². The third-order valence-corrected chi connectivity index (χ3v) is 11.1. The second-order valence-corrected chi connectivity index (χ2v) is 17.4. The zero-order chi connectivity index (χ0) is 46.5. The van der Waals surface area contributed by atoms with Crippen LogP contribution in [0.5, 0.6) is 0 Å². The molecule has 1 unspecified atom stereocenters. The summed E-state index contributed by atoms with van der Waals surface area (Å²) in [4.78, 5) is 38.0. The van der Waals surface area contributed by atoms with Crippen molar-refractivity contribution in [1.82, 2.24) is 0 Å². The van der Waals surface area contributed by atoms with Gasteiger partial charge in [0, 0.05) is 19.3 Å². The van der Waals surface area contributed by atoms with Crippen LogP contribution in [0.25, 0.3) is 0 Å². The summed E-state index contributed by atoms with van der Waals surface area (Å²) in [6, 6.07) is 0.